The third kappa shape index (κ3) is 6.48. The Morgan fingerprint density at radius 1 is 0.267 bits per heavy atom. The highest BCUT2D eigenvalue weighted by Crippen LogP contribution is 2.40. The molecule has 0 aliphatic rings. The zero-order valence-electron chi connectivity index (χ0n) is 32.0. The Balaban J connectivity index is 1.33. The van der Waals surface area contributed by atoms with Crippen LogP contribution in [0.25, 0.3) is 87.7 Å². The van der Waals surface area contributed by atoms with E-state index in [1.165, 1.54) is 11.3 Å². The van der Waals surface area contributed by atoms with Crippen molar-refractivity contribution < 1.29 is 0 Å². The molecule has 0 aliphatic heterocycles. The Morgan fingerprint density at radius 3 is 1.00 bits per heavy atom. The molecule has 0 atom stereocenters. The van der Waals surface area contributed by atoms with E-state index in [0.29, 0.717) is 42.9 Å². The van der Waals surface area contributed by atoms with Crippen molar-refractivity contribution in [2.24, 2.45) is 0 Å². The average Bonchev–Trinajstić information content (AvgIpc) is 3.68. The Bertz CT molecular complexity index is 3060. The first-order valence-electron chi connectivity index (χ1n) is 18.6. The van der Waals surface area contributed by atoms with Crippen LogP contribution >= 0.6 is 11.3 Å². The van der Waals surface area contributed by atoms with Gasteiger partial charge in [0, 0.05) is 26.1 Å². The van der Waals surface area contributed by atoms with E-state index in [1.54, 1.807) is 0 Å². The van der Waals surface area contributed by atoms with E-state index in [-0.39, 0.29) is 71.5 Å². The minimum absolute atomic E-state index is 0.0355. The van der Waals surface area contributed by atoms with Crippen molar-refractivity contribution in [2.45, 2.75) is 0 Å². The summed E-state index contributed by atoms with van der Waals surface area (Å²) in [7, 11) is 72.7. The van der Waals surface area contributed by atoms with Gasteiger partial charge < -0.3 is 0 Å². The van der Waals surface area contributed by atoms with E-state index in [4.69, 9.17) is 101 Å². The van der Waals surface area contributed by atoms with Gasteiger partial charge in [0.2, 0.25) is 0 Å². The fraction of sp³-hybridized carbons (Fsp3) is 0. The van der Waals surface area contributed by atoms with Gasteiger partial charge in [-0.1, -0.05) is 142 Å². The monoisotopic (exact) mass is 753 g/mol. The Hall–Kier alpha value is -5.52. The zero-order valence-corrected chi connectivity index (χ0v) is 32.8. The second-order valence-corrected chi connectivity index (χ2v) is 15.4. The molecule has 0 unspecified atom stereocenters. The molecular weight excluding hydrogens is 734 g/mol. The number of nitrogens with zero attached hydrogens (tertiary/aromatic N) is 3. The van der Waals surface area contributed by atoms with Crippen LogP contribution in [0.1, 0.15) is 0 Å². The minimum Gasteiger partial charge on any atom is -0.208 e. The van der Waals surface area contributed by atoms with Crippen LogP contribution in [-0.4, -0.2) is 101 Å². The summed E-state index contributed by atoms with van der Waals surface area (Å²) in [5.41, 5.74) is 7.62. The summed E-state index contributed by atoms with van der Waals surface area (Å²) in [6.07, 6.45) is 0. The molecule has 0 saturated carbocycles. The van der Waals surface area contributed by atoms with Gasteiger partial charge in [0.15, 0.2) is 17.5 Å². The van der Waals surface area contributed by atoms with E-state index < -0.39 is 0 Å². The Kier molecular flexibility index (Phi) is 10.3. The number of aromatic nitrogens is 3. The summed E-state index contributed by atoms with van der Waals surface area (Å²) in [5, 5.41) is 0.899. The molecule has 0 fully saturated rings. The number of benzene rings is 7. The number of hydrogen-bond acceptors (Lipinski definition) is 4. The maximum atomic E-state index is 6.93. The van der Waals surface area contributed by atoms with Gasteiger partial charge >= 0.3 is 0 Å². The molecule has 0 aliphatic carbocycles. The van der Waals surface area contributed by atoms with E-state index in [1.807, 2.05) is 84.9 Å². The number of hydrogen-bond donors (Lipinski definition) is 0. The van der Waals surface area contributed by atoms with Gasteiger partial charge in [-0.3, -0.25) is 0 Å². The van der Waals surface area contributed by atoms with Crippen molar-refractivity contribution in [1.82, 2.24) is 15.0 Å². The fourth-order valence-corrected chi connectivity index (χ4v) is 9.04. The second kappa shape index (κ2) is 15.5. The van der Waals surface area contributed by atoms with Crippen molar-refractivity contribution in [1.29, 1.82) is 0 Å². The van der Waals surface area contributed by atoms with Gasteiger partial charge in [-0.15, -0.1) is 38.7 Å². The molecule has 9 rings (SSSR count). The summed E-state index contributed by atoms with van der Waals surface area (Å²) in [5.74, 6) is 1.02. The molecule has 252 valence electrons. The molecule has 2 heterocycles. The maximum Gasteiger partial charge on any atom is 0.164 e. The predicted octanol–water partition coefficient (Wildman–Crippen LogP) is -1.03. The SMILES string of the molecule is [B]c1c([B])c([B])c(-c2c([B])c([B])c([B])c3c2sc2c(-c4nc(-c5ccc(-c6ccccc6)cc5)nc(-c5ccc(-c6ccccc6)cc5)n4)c([B])c([B])c([B])c23)c([B])c1[B]. The van der Waals surface area contributed by atoms with Gasteiger partial charge in [-0.05, 0) is 44.2 Å². The predicted molar refractivity (Wildman–Crippen MR) is 265 cm³/mol. The molecule has 2 aromatic heterocycles. The van der Waals surface area contributed by atoms with Gasteiger partial charge in [-0.25, -0.2) is 15.0 Å². The lowest BCUT2D eigenvalue weighted by Gasteiger charge is -2.25. The maximum absolute atomic E-state index is 6.93. The first kappa shape index (κ1) is 39.9. The summed E-state index contributed by atoms with van der Waals surface area (Å²) >= 11 is 1.26. The van der Waals surface area contributed by atoms with Crippen LogP contribution in [0.15, 0.2) is 109 Å². The van der Waals surface area contributed by atoms with Crippen LogP contribution in [0.5, 0.6) is 0 Å². The van der Waals surface area contributed by atoms with E-state index >= 15 is 0 Å². The number of rotatable bonds is 6. The Labute approximate surface area is 367 Å². The topological polar surface area (TPSA) is 38.7 Å². The minimum atomic E-state index is 0.0355. The quantitative estimate of drug-likeness (QED) is 0.205. The highest BCUT2D eigenvalue weighted by Gasteiger charge is 2.26. The normalized spacial score (nSPS) is 11.4. The third-order valence-corrected chi connectivity index (χ3v) is 12.1. The van der Waals surface area contributed by atoms with Crippen LogP contribution in [0, 0.1) is 0 Å². The molecule has 60 heavy (non-hydrogen) atoms. The van der Waals surface area contributed by atoms with Crippen LogP contribution < -0.4 is 60.1 Å². The van der Waals surface area contributed by atoms with Crippen LogP contribution in [0.3, 0.4) is 0 Å². The molecule has 0 saturated heterocycles. The summed E-state index contributed by atoms with van der Waals surface area (Å²) in [4.78, 5) is 15.1. The lowest BCUT2D eigenvalue weighted by molar-refractivity contribution is 1.08. The van der Waals surface area contributed by atoms with E-state index in [2.05, 4.69) is 24.3 Å². The molecule has 0 N–H and O–H groups in total. The molecule has 7 aromatic carbocycles. The van der Waals surface area contributed by atoms with Gasteiger partial charge in [-0.2, -0.15) is 0 Å². The average molecular weight is 752 g/mol. The van der Waals surface area contributed by atoms with Crippen LogP contribution in [0.2, 0.25) is 0 Å². The first-order chi connectivity index (χ1) is 28.8. The highest BCUT2D eigenvalue weighted by atomic mass is 32.1. The Morgan fingerprint density at radius 2 is 0.567 bits per heavy atom. The molecular formula is C45H18B11N3S. The molecule has 22 radical (unpaired) electrons. The van der Waals surface area contributed by atoms with Gasteiger partial charge in [0.05, 0.1) is 0 Å². The highest BCUT2D eigenvalue weighted by molar-refractivity contribution is 7.27. The molecule has 0 bridgehead atoms. The van der Waals surface area contributed by atoms with Gasteiger partial charge in [0.1, 0.15) is 86.3 Å². The van der Waals surface area contributed by atoms with Crippen molar-refractivity contribution in [3.8, 4) is 67.5 Å². The largest absolute Gasteiger partial charge is 0.208 e. The molecule has 15 heteroatoms. The summed E-state index contributed by atoms with van der Waals surface area (Å²) < 4.78 is 1.05. The van der Waals surface area contributed by atoms with Crippen molar-refractivity contribution in [2.75, 3.05) is 0 Å². The first-order valence-corrected chi connectivity index (χ1v) is 19.5. The smallest absolute Gasteiger partial charge is 0.164 e. The van der Waals surface area contributed by atoms with Crippen LogP contribution in [0.4, 0.5) is 0 Å². The molecule has 3 nitrogen and oxygen atoms in total. The number of thiophene rings is 1. The molecule has 0 spiro atoms. The molecule has 9 aromatic rings. The zero-order chi connectivity index (χ0) is 42.1. The van der Waals surface area contributed by atoms with Crippen LogP contribution in [-0.2, 0) is 0 Å². The van der Waals surface area contributed by atoms with E-state index in [9.17, 15) is 0 Å². The third-order valence-electron chi connectivity index (χ3n) is 10.9. The summed E-state index contributed by atoms with van der Waals surface area (Å²) in [6, 6.07) is 36.1. The standard InChI is InChI=1S/C45H18B11N3S/c46-30-25(31(47)39(55)40(56)38(30)54)26-32(48)36(52)33(49)27-28-34(50)37(53)35(51)29(42(28)60-41(26)27)45-58-43(23-15-11-21(12-16-23)19-7-3-1-4-8-19)57-44(59-45)24-17-13-22(14-18-24)20-9-5-2-6-10-20/h1-18H. The van der Waals surface area contributed by atoms with Gasteiger partial charge in [0.25, 0.3) is 0 Å². The summed E-state index contributed by atoms with van der Waals surface area (Å²) in [6.45, 7) is 0. The van der Waals surface area contributed by atoms with Crippen molar-refractivity contribution >= 4 is 178 Å². The second-order valence-electron chi connectivity index (χ2n) is 14.4. The lowest BCUT2D eigenvalue weighted by Crippen LogP contribution is -2.56. The molecule has 0 amide bonds. The lowest BCUT2D eigenvalue weighted by atomic mass is 9.58. The van der Waals surface area contributed by atoms with Crippen molar-refractivity contribution in [3.63, 3.8) is 0 Å². The van der Waals surface area contributed by atoms with E-state index in [0.717, 1.165) is 33.4 Å². The van der Waals surface area contributed by atoms with Crippen molar-refractivity contribution in [3.05, 3.63) is 109 Å². The fourth-order valence-electron chi connectivity index (χ4n) is 7.59. The number of fused-ring (bicyclic) bond motifs is 3.